The summed E-state index contributed by atoms with van der Waals surface area (Å²) in [6.07, 6.45) is 1.27. The zero-order valence-corrected chi connectivity index (χ0v) is 9.89. The van der Waals surface area contributed by atoms with E-state index in [-0.39, 0.29) is 11.6 Å². The fourth-order valence-electron chi connectivity index (χ4n) is 2.20. The molecule has 88 valence electrons. The van der Waals surface area contributed by atoms with Crippen molar-refractivity contribution in [3.63, 3.8) is 0 Å². The number of fused-ring (bicyclic) bond motifs is 1. The SMILES string of the molecule is CC1(CCC(=O)N2Cc3ccccc3C2)N=N1. The zero-order valence-electron chi connectivity index (χ0n) is 9.89. The molecular weight excluding hydrogens is 214 g/mol. The van der Waals surface area contributed by atoms with Crippen molar-refractivity contribution < 1.29 is 4.79 Å². The molecule has 0 N–H and O–H groups in total. The Morgan fingerprint density at radius 3 is 2.41 bits per heavy atom. The first-order chi connectivity index (χ1) is 8.16. The predicted molar refractivity (Wildman–Crippen MR) is 63.2 cm³/mol. The van der Waals surface area contributed by atoms with Gasteiger partial charge in [-0.15, -0.1) is 0 Å². The van der Waals surface area contributed by atoms with Crippen molar-refractivity contribution in [3.05, 3.63) is 35.4 Å². The number of hydrogen-bond acceptors (Lipinski definition) is 3. The topological polar surface area (TPSA) is 45.0 Å². The molecule has 4 nitrogen and oxygen atoms in total. The Balaban J connectivity index is 1.58. The first-order valence-corrected chi connectivity index (χ1v) is 5.95. The van der Waals surface area contributed by atoms with Crippen LogP contribution < -0.4 is 0 Å². The van der Waals surface area contributed by atoms with E-state index >= 15 is 0 Å². The maximum absolute atomic E-state index is 12.0. The number of benzene rings is 1. The normalized spacial score (nSPS) is 19.2. The lowest BCUT2D eigenvalue weighted by Gasteiger charge is -2.15. The molecule has 2 aliphatic rings. The van der Waals surface area contributed by atoms with Crippen molar-refractivity contribution >= 4 is 5.91 Å². The van der Waals surface area contributed by atoms with Crippen LogP contribution in [0.15, 0.2) is 34.5 Å². The van der Waals surface area contributed by atoms with E-state index in [2.05, 4.69) is 22.4 Å². The van der Waals surface area contributed by atoms with Gasteiger partial charge in [-0.2, -0.15) is 10.2 Å². The van der Waals surface area contributed by atoms with Crippen LogP contribution in [-0.4, -0.2) is 16.5 Å². The zero-order chi connectivity index (χ0) is 11.9. The highest BCUT2D eigenvalue weighted by atomic mass is 16.2. The summed E-state index contributed by atoms with van der Waals surface area (Å²) in [7, 11) is 0. The quantitative estimate of drug-likeness (QED) is 0.785. The molecule has 0 bridgehead atoms. The highest BCUT2D eigenvalue weighted by molar-refractivity contribution is 5.77. The molecule has 0 spiro atoms. The van der Waals surface area contributed by atoms with E-state index in [9.17, 15) is 4.79 Å². The predicted octanol–water partition coefficient (Wildman–Crippen LogP) is 2.49. The maximum atomic E-state index is 12.0. The van der Waals surface area contributed by atoms with Crippen LogP contribution in [0, 0.1) is 0 Å². The van der Waals surface area contributed by atoms with Crippen molar-refractivity contribution in [2.45, 2.75) is 38.5 Å². The van der Waals surface area contributed by atoms with E-state index in [0.717, 1.165) is 19.5 Å². The van der Waals surface area contributed by atoms with Crippen LogP contribution in [0.25, 0.3) is 0 Å². The van der Waals surface area contributed by atoms with Gasteiger partial charge in [-0.3, -0.25) is 4.79 Å². The molecule has 3 rings (SSSR count). The third-order valence-electron chi connectivity index (χ3n) is 3.45. The van der Waals surface area contributed by atoms with Crippen LogP contribution in [0.1, 0.15) is 30.9 Å². The van der Waals surface area contributed by atoms with Crippen molar-refractivity contribution in [1.82, 2.24) is 4.90 Å². The highest BCUT2D eigenvalue weighted by Crippen LogP contribution is 2.32. The first kappa shape index (κ1) is 10.4. The molecule has 0 fully saturated rings. The summed E-state index contributed by atoms with van der Waals surface area (Å²) in [5.74, 6) is 0.208. The molecule has 0 unspecified atom stereocenters. The Bertz CT molecular complexity index is 464. The van der Waals surface area contributed by atoms with Crippen LogP contribution in [-0.2, 0) is 17.9 Å². The summed E-state index contributed by atoms with van der Waals surface area (Å²) >= 11 is 0. The molecule has 0 saturated carbocycles. The van der Waals surface area contributed by atoms with Crippen LogP contribution in [0.2, 0.25) is 0 Å². The Hall–Kier alpha value is -1.71. The first-order valence-electron chi connectivity index (χ1n) is 5.95. The Kier molecular flexibility index (Phi) is 2.24. The number of amides is 1. The summed E-state index contributed by atoms with van der Waals surface area (Å²) < 4.78 is 0. The van der Waals surface area contributed by atoms with Gasteiger partial charge in [-0.05, 0) is 18.1 Å². The smallest absolute Gasteiger partial charge is 0.223 e. The van der Waals surface area contributed by atoms with Crippen molar-refractivity contribution in [2.24, 2.45) is 10.2 Å². The standard InChI is InChI=1S/C13H15N3O/c1-13(14-15-13)7-6-12(17)16-8-10-4-2-3-5-11(10)9-16/h2-5H,6-9H2,1H3. The second-order valence-corrected chi connectivity index (χ2v) is 4.94. The summed E-state index contributed by atoms with van der Waals surface area (Å²) in [5, 5.41) is 7.85. The molecule has 0 aromatic heterocycles. The lowest BCUT2D eigenvalue weighted by atomic mass is 10.1. The molecule has 0 atom stereocenters. The summed E-state index contributed by atoms with van der Waals surface area (Å²) in [6.45, 7) is 3.46. The molecule has 0 aliphatic carbocycles. The fourth-order valence-corrected chi connectivity index (χ4v) is 2.20. The molecule has 4 heteroatoms. The van der Waals surface area contributed by atoms with E-state index in [4.69, 9.17) is 0 Å². The van der Waals surface area contributed by atoms with E-state index in [1.807, 2.05) is 24.0 Å². The van der Waals surface area contributed by atoms with E-state index in [1.165, 1.54) is 11.1 Å². The van der Waals surface area contributed by atoms with Gasteiger partial charge in [0.1, 0.15) is 0 Å². The molecule has 0 saturated heterocycles. The molecule has 17 heavy (non-hydrogen) atoms. The van der Waals surface area contributed by atoms with E-state index in [1.54, 1.807) is 0 Å². The minimum Gasteiger partial charge on any atom is -0.334 e. The van der Waals surface area contributed by atoms with Crippen LogP contribution in [0.3, 0.4) is 0 Å². The summed E-state index contributed by atoms with van der Waals surface area (Å²) in [4.78, 5) is 13.9. The monoisotopic (exact) mass is 229 g/mol. The molecular formula is C13H15N3O. The average molecular weight is 229 g/mol. The van der Waals surface area contributed by atoms with Gasteiger partial charge in [-0.1, -0.05) is 24.3 Å². The lowest BCUT2D eigenvalue weighted by molar-refractivity contribution is -0.132. The van der Waals surface area contributed by atoms with Crippen LogP contribution >= 0.6 is 0 Å². The third-order valence-corrected chi connectivity index (χ3v) is 3.45. The van der Waals surface area contributed by atoms with Gasteiger partial charge < -0.3 is 4.90 Å². The van der Waals surface area contributed by atoms with Crippen molar-refractivity contribution in [3.8, 4) is 0 Å². The number of hydrogen-bond donors (Lipinski definition) is 0. The summed E-state index contributed by atoms with van der Waals surface area (Å²) in [6, 6.07) is 8.23. The fraction of sp³-hybridized carbons (Fsp3) is 0.462. The van der Waals surface area contributed by atoms with Crippen molar-refractivity contribution in [1.29, 1.82) is 0 Å². The second kappa shape index (κ2) is 3.65. The highest BCUT2D eigenvalue weighted by Gasteiger charge is 2.35. The number of rotatable bonds is 3. The van der Waals surface area contributed by atoms with Gasteiger partial charge >= 0.3 is 0 Å². The van der Waals surface area contributed by atoms with E-state index in [0.29, 0.717) is 6.42 Å². The van der Waals surface area contributed by atoms with Gasteiger partial charge in [0, 0.05) is 25.9 Å². The Morgan fingerprint density at radius 1 is 1.29 bits per heavy atom. The van der Waals surface area contributed by atoms with Crippen LogP contribution in [0.4, 0.5) is 0 Å². The third kappa shape index (κ3) is 2.07. The lowest BCUT2D eigenvalue weighted by Crippen LogP contribution is -2.26. The number of nitrogens with zero attached hydrogens (tertiary/aromatic N) is 3. The van der Waals surface area contributed by atoms with Gasteiger partial charge in [0.05, 0.1) is 0 Å². The molecule has 1 amide bonds. The van der Waals surface area contributed by atoms with Crippen molar-refractivity contribution in [2.75, 3.05) is 0 Å². The Morgan fingerprint density at radius 2 is 1.88 bits per heavy atom. The average Bonchev–Trinajstić information content (AvgIpc) is 2.92. The minimum atomic E-state index is -0.262. The van der Waals surface area contributed by atoms with Crippen LogP contribution in [0.5, 0.6) is 0 Å². The largest absolute Gasteiger partial charge is 0.334 e. The molecule has 2 aliphatic heterocycles. The van der Waals surface area contributed by atoms with Gasteiger partial charge in [0.15, 0.2) is 5.66 Å². The van der Waals surface area contributed by atoms with Gasteiger partial charge in [0.25, 0.3) is 0 Å². The number of carbonyl (C=O) groups is 1. The van der Waals surface area contributed by atoms with Gasteiger partial charge in [-0.25, -0.2) is 0 Å². The summed E-state index contributed by atoms with van der Waals surface area (Å²) in [5.41, 5.74) is 2.28. The minimum absolute atomic E-state index is 0.208. The van der Waals surface area contributed by atoms with Gasteiger partial charge in [0.2, 0.25) is 5.91 Å². The Labute approximate surface area is 100 Å². The molecule has 2 heterocycles. The molecule has 0 radical (unpaired) electrons. The second-order valence-electron chi connectivity index (χ2n) is 4.94. The number of carbonyl (C=O) groups excluding carboxylic acids is 1. The van der Waals surface area contributed by atoms with E-state index < -0.39 is 0 Å². The molecule has 1 aromatic rings. The molecule has 1 aromatic carbocycles. The maximum Gasteiger partial charge on any atom is 0.223 e.